The Morgan fingerprint density at radius 3 is 1.28 bits per heavy atom. The molecule has 1 aromatic carbocycles. The summed E-state index contributed by atoms with van der Waals surface area (Å²) in [6.45, 7) is 15.6. The van der Waals surface area contributed by atoms with Gasteiger partial charge in [-0.2, -0.15) is 0 Å². The fraction of sp³-hybridized carbons (Fsp3) is 0.364. The molecular formula is C22H31BSi2. The van der Waals surface area contributed by atoms with Crippen LogP contribution in [0.4, 0.5) is 0 Å². The minimum absolute atomic E-state index is 0.146. The van der Waals surface area contributed by atoms with Crippen LogP contribution in [0.2, 0.25) is 49.2 Å². The number of hydrogen-bond donors (Lipinski definition) is 0. The second-order valence-electron chi connectivity index (χ2n) is 9.65. The van der Waals surface area contributed by atoms with Crippen molar-refractivity contribution in [3.63, 3.8) is 0 Å². The highest BCUT2D eigenvalue weighted by Crippen LogP contribution is 2.58. The van der Waals surface area contributed by atoms with Gasteiger partial charge in [0.2, 0.25) is 0 Å². The summed E-state index contributed by atoms with van der Waals surface area (Å²) < 4.78 is 0. The van der Waals surface area contributed by atoms with Crippen LogP contribution < -0.4 is 5.46 Å². The van der Waals surface area contributed by atoms with E-state index in [1.807, 2.05) is 0 Å². The first kappa shape index (κ1) is 18.5. The van der Waals surface area contributed by atoms with Crippen molar-refractivity contribution in [3.05, 3.63) is 78.9 Å². The van der Waals surface area contributed by atoms with E-state index in [1.165, 1.54) is 5.46 Å². The highest BCUT2D eigenvalue weighted by atomic mass is 28.3. The van der Waals surface area contributed by atoms with Gasteiger partial charge in [-0.05, 0) is 9.88 Å². The van der Waals surface area contributed by atoms with Crippen molar-refractivity contribution >= 4 is 28.3 Å². The van der Waals surface area contributed by atoms with Gasteiger partial charge in [0.25, 0.3) is 0 Å². The lowest BCUT2D eigenvalue weighted by molar-refractivity contribution is 1.03. The maximum atomic E-state index is 2.53. The van der Waals surface area contributed by atoms with Gasteiger partial charge >= 0.3 is 0 Å². The van der Waals surface area contributed by atoms with E-state index in [0.717, 1.165) is 0 Å². The number of benzene rings is 1. The average molecular weight is 362 g/mol. The van der Waals surface area contributed by atoms with Crippen LogP contribution in [0.25, 0.3) is 0 Å². The van der Waals surface area contributed by atoms with Gasteiger partial charge in [0.1, 0.15) is 0 Å². The molecule has 0 heterocycles. The Morgan fingerprint density at radius 1 is 0.600 bits per heavy atom. The Kier molecular flexibility index (Phi) is 4.53. The fourth-order valence-corrected chi connectivity index (χ4v) is 9.89. The van der Waals surface area contributed by atoms with Gasteiger partial charge in [-0.25, -0.2) is 0 Å². The molecule has 0 aromatic heterocycles. The van der Waals surface area contributed by atoms with Crippen LogP contribution in [0, 0.1) is 0 Å². The lowest BCUT2D eigenvalue weighted by atomic mass is 9.29. The van der Waals surface area contributed by atoms with Crippen LogP contribution in [0.15, 0.2) is 78.9 Å². The molecule has 0 radical (unpaired) electrons. The molecule has 0 unspecified atom stereocenters. The molecule has 2 aliphatic rings. The van der Waals surface area contributed by atoms with E-state index in [2.05, 4.69) is 118 Å². The van der Waals surface area contributed by atoms with Crippen LogP contribution >= 0.6 is 0 Å². The van der Waals surface area contributed by atoms with E-state index in [0.29, 0.717) is 6.71 Å². The van der Waals surface area contributed by atoms with Crippen LogP contribution in [-0.4, -0.2) is 22.9 Å². The third kappa shape index (κ3) is 2.82. The van der Waals surface area contributed by atoms with Crippen LogP contribution in [0.5, 0.6) is 0 Å². The lowest BCUT2D eigenvalue weighted by Gasteiger charge is -2.53. The maximum absolute atomic E-state index is 2.53. The van der Waals surface area contributed by atoms with Crippen molar-refractivity contribution < 1.29 is 0 Å². The predicted octanol–water partition coefficient (Wildman–Crippen LogP) is 5.88. The third-order valence-electron chi connectivity index (χ3n) is 6.40. The number of allylic oxidation sites excluding steroid dienone is 8. The molecule has 0 aliphatic heterocycles. The zero-order valence-electron chi connectivity index (χ0n) is 16.6. The fourth-order valence-electron chi connectivity index (χ4n) is 4.81. The van der Waals surface area contributed by atoms with Crippen molar-refractivity contribution in [2.75, 3.05) is 0 Å². The molecule has 0 amide bonds. The SMILES string of the molecule is C[Si](C)(C)C1(B(c2ccccc2)C2([Si](C)(C)C)C=CC=C2)C=CC=C1. The molecule has 0 atom stereocenters. The summed E-state index contributed by atoms with van der Waals surface area (Å²) >= 11 is 0. The van der Waals surface area contributed by atoms with Crippen LogP contribution in [0.3, 0.4) is 0 Å². The lowest BCUT2D eigenvalue weighted by Crippen LogP contribution is -2.63. The Morgan fingerprint density at radius 2 is 0.960 bits per heavy atom. The van der Waals surface area contributed by atoms with Gasteiger partial charge in [0.15, 0.2) is 6.71 Å². The van der Waals surface area contributed by atoms with E-state index in [1.54, 1.807) is 0 Å². The molecule has 2 aliphatic carbocycles. The topological polar surface area (TPSA) is 0 Å². The van der Waals surface area contributed by atoms with Crippen molar-refractivity contribution in [1.29, 1.82) is 0 Å². The molecule has 3 rings (SSSR count). The van der Waals surface area contributed by atoms with Gasteiger partial charge < -0.3 is 0 Å². The van der Waals surface area contributed by atoms with Gasteiger partial charge in [0, 0.05) is 0 Å². The Hall–Kier alpha value is -1.32. The van der Waals surface area contributed by atoms with Crippen molar-refractivity contribution in [1.82, 2.24) is 0 Å². The third-order valence-corrected chi connectivity index (χ3v) is 12.8. The van der Waals surface area contributed by atoms with E-state index in [-0.39, 0.29) is 9.88 Å². The summed E-state index contributed by atoms with van der Waals surface area (Å²) in [5.41, 5.74) is 1.49. The first-order chi connectivity index (χ1) is 11.6. The molecule has 0 bridgehead atoms. The summed E-state index contributed by atoms with van der Waals surface area (Å²) in [5, 5.41) is 0. The minimum Gasteiger partial charge on any atom is -0.0841 e. The van der Waals surface area contributed by atoms with E-state index >= 15 is 0 Å². The highest BCUT2D eigenvalue weighted by Gasteiger charge is 2.60. The molecule has 0 N–H and O–H groups in total. The molecule has 1 aromatic rings. The number of hydrogen-bond acceptors (Lipinski definition) is 0. The smallest absolute Gasteiger partial charge is 0.0841 e. The molecule has 25 heavy (non-hydrogen) atoms. The summed E-state index contributed by atoms with van der Waals surface area (Å²) in [4.78, 5) is 0.293. The van der Waals surface area contributed by atoms with Gasteiger partial charge in [-0.15, -0.1) is 0 Å². The van der Waals surface area contributed by atoms with Crippen molar-refractivity contribution in [2.45, 2.75) is 49.2 Å². The molecule has 0 spiro atoms. The van der Waals surface area contributed by atoms with Crippen LogP contribution in [-0.2, 0) is 0 Å². The number of rotatable bonds is 5. The predicted molar refractivity (Wildman–Crippen MR) is 120 cm³/mol. The van der Waals surface area contributed by atoms with Crippen molar-refractivity contribution in [3.8, 4) is 0 Å². The highest BCUT2D eigenvalue weighted by molar-refractivity contribution is 7.07. The summed E-state index contributed by atoms with van der Waals surface area (Å²) in [6, 6.07) is 11.3. The summed E-state index contributed by atoms with van der Waals surface area (Å²) in [6.07, 6.45) is 19.3. The molecule has 3 heteroatoms. The van der Waals surface area contributed by atoms with Gasteiger partial charge in [-0.1, -0.05) is 124 Å². The quantitative estimate of drug-likeness (QED) is 0.574. The summed E-state index contributed by atoms with van der Waals surface area (Å²) in [7, 11) is -3.07. The van der Waals surface area contributed by atoms with Gasteiger partial charge in [-0.3, -0.25) is 0 Å². The Bertz CT molecular complexity index is 672. The molecule has 130 valence electrons. The van der Waals surface area contributed by atoms with E-state index in [9.17, 15) is 0 Å². The first-order valence-electron chi connectivity index (χ1n) is 9.43. The zero-order chi connectivity index (χ0) is 18.3. The monoisotopic (exact) mass is 362 g/mol. The Labute approximate surface area is 156 Å². The largest absolute Gasteiger partial charge is 0.198 e. The second-order valence-corrected chi connectivity index (χ2v) is 20.4. The standard InChI is InChI=1S/C22H31BSi2/c1-24(2,3)21(16-10-11-17-21)23(20-14-8-7-9-15-20)22(25(4,5)6)18-12-13-19-22/h7-19H,1-6H3. The molecule has 0 nitrogen and oxygen atoms in total. The molecule has 0 saturated heterocycles. The maximum Gasteiger partial charge on any atom is 0.198 e. The Balaban J connectivity index is 2.33. The van der Waals surface area contributed by atoms with Gasteiger partial charge in [0.05, 0.1) is 16.1 Å². The zero-order valence-corrected chi connectivity index (χ0v) is 18.6. The van der Waals surface area contributed by atoms with Crippen molar-refractivity contribution in [2.24, 2.45) is 0 Å². The van der Waals surface area contributed by atoms with Crippen LogP contribution in [0.1, 0.15) is 0 Å². The van der Waals surface area contributed by atoms with E-state index < -0.39 is 16.1 Å². The second kappa shape index (κ2) is 6.14. The summed E-state index contributed by atoms with van der Waals surface area (Å²) in [5.74, 6) is 0. The molecule has 0 saturated carbocycles. The molecular weight excluding hydrogens is 331 g/mol. The minimum atomic E-state index is -1.53. The van der Waals surface area contributed by atoms with E-state index in [4.69, 9.17) is 0 Å². The molecule has 0 fully saturated rings. The normalized spacial score (nSPS) is 20.4. The average Bonchev–Trinajstić information content (AvgIpc) is 3.18. The first-order valence-corrected chi connectivity index (χ1v) is 16.4.